The van der Waals surface area contributed by atoms with Crippen LogP contribution in [0.4, 0.5) is 5.82 Å². The molecule has 102 valence electrons. The van der Waals surface area contributed by atoms with Gasteiger partial charge >= 0.3 is 0 Å². The number of nitrogens with zero attached hydrogens (tertiary/aromatic N) is 3. The number of H-pyrrole nitrogens is 1. The molecule has 0 aliphatic rings. The zero-order valence-corrected chi connectivity index (χ0v) is 11.5. The van der Waals surface area contributed by atoms with Crippen LogP contribution in [-0.2, 0) is 6.54 Å². The minimum Gasteiger partial charge on any atom is -0.370 e. The van der Waals surface area contributed by atoms with Gasteiger partial charge in [-0.15, -0.1) is 0 Å². The highest BCUT2D eigenvalue weighted by Crippen LogP contribution is 2.03. The van der Waals surface area contributed by atoms with Crippen molar-refractivity contribution in [2.24, 2.45) is 0 Å². The van der Waals surface area contributed by atoms with Crippen molar-refractivity contribution in [3.63, 3.8) is 0 Å². The average Bonchev–Trinajstić information content (AvgIpc) is 2.62. The normalized spacial score (nSPS) is 10.7. The van der Waals surface area contributed by atoms with E-state index in [1.807, 2.05) is 11.6 Å². The van der Waals surface area contributed by atoms with Crippen molar-refractivity contribution in [2.75, 3.05) is 11.9 Å². The first-order valence-electron chi connectivity index (χ1n) is 6.37. The van der Waals surface area contributed by atoms with E-state index in [4.69, 9.17) is 0 Å². The Labute approximate surface area is 111 Å². The number of rotatable bonds is 5. The van der Waals surface area contributed by atoms with Gasteiger partial charge in [0.05, 0.1) is 5.69 Å². The zero-order valence-electron chi connectivity index (χ0n) is 11.5. The molecule has 0 fully saturated rings. The third-order valence-electron chi connectivity index (χ3n) is 2.82. The van der Waals surface area contributed by atoms with Crippen molar-refractivity contribution in [3.05, 3.63) is 39.7 Å². The molecule has 2 rings (SSSR count). The summed E-state index contributed by atoms with van der Waals surface area (Å²) >= 11 is 0. The number of nitrogens with one attached hydrogen (secondary N) is 2. The molecule has 6 heteroatoms. The Morgan fingerprint density at radius 1 is 1.32 bits per heavy atom. The molecule has 0 aliphatic carbocycles. The summed E-state index contributed by atoms with van der Waals surface area (Å²) in [4.78, 5) is 18.1. The molecule has 0 bridgehead atoms. The fourth-order valence-corrected chi connectivity index (χ4v) is 2.02. The van der Waals surface area contributed by atoms with E-state index in [2.05, 4.69) is 33.4 Å². The lowest BCUT2D eigenvalue weighted by atomic mass is 10.4. The lowest BCUT2D eigenvalue weighted by Gasteiger charge is -2.07. The quantitative estimate of drug-likeness (QED) is 0.798. The van der Waals surface area contributed by atoms with Gasteiger partial charge in [0, 0.05) is 24.8 Å². The summed E-state index contributed by atoms with van der Waals surface area (Å²) in [5.41, 5.74) is 2.08. The maximum absolute atomic E-state index is 11.3. The van der Waals surface area contributed by atoms with Crippen LogP contribution >= 0.6 is 0 Å². The third-order valence-corrected chi connectivity index (χ3v) is 2.82. The Hall–Kier alpha value is -2.11. The van der Waals surface area contributed by atoms with E-state index < -0.39 is 0 Å². The molecule has 0 saturated carbocycles. The van der Waals surface area contributed by atoms with Crippen LogP contribution in [0.25, 0.3) is 0 Å². The predicted molar refractivity (Wildman–Crippen MR) is 74.4 cm³/mol. The molecule has 0 aromatic carbocycles. The molecule has 2 heterocycles. The minimum atomic E-state index is -0.131. The monoisotopic (exact) mass is 261 g/mol. The van der Waals surface area contributed by atoms with Crippen LogP contribution in [0, 0.1) is 20.8 Å². The molecule has 2 aromatic rings. The van der Waals surface area contributed by atoms with Crippen LogP contribution in [0.1, 0.15) is 23.6 Å². The summed E-state index contributed by atoms with van der Waals surface area (Å²) in [7, 11) is 0. The summed E-state index contributed by atoms with van der Waals surface area (Å²) < 4.78 is 1.99. The number of hydrogen-bond acceptors (Lipinski definition) is 4. The average molecular weight is 261 g/mol. The highest BCUT2D eigenvalue weighted by molar-refractivity contribution is 5.32. The first-order chi connectivity index (χ1) is 9.04. The van der Waals surface area contributed by atoms with Crippen molar-refractivity contribution in [2.45, 2.75) is 33.7 Å². The second-order valence-corrected chi connectivity index (χ2v) is 4.65. The van der Waals surface area contributed by atoms with Crippen LogP contribution < -0.4 is 10.9 Å². The summed E-state index contributed by atoms with van der Waals surface area (Å²) in [6.07, 6.45) is 0.926. The molecule has 0 aliphatic heterocycles. The fraction of sp³-hybridized carbons (Fsp3) is 0.462. The molecule has 0 spiro atoms. The maximum atomic E-state index is 11.3. The lowest BCUT2D eigenvalue weighted by molar-refractivity contribution is 0.573. The van der Waals surface area contributed by atoms with Gasteiger partial charge in [0.15, 0.2) is 0 Å². The first kappa shape index (κ1) is 13.3. The molecule has 2 aromatic heterocycles. The van der Waals surface area contributed by atoms with Crippen molar-refractivity contribution in [1.82, 2.24) is 19.7 Å². The molecular weight excluding hydrogens is 242 g/mol. The smallest absolute Gasteiger partial charge is 0.252 e. The zero-order chi connectivity index (χ0) is 13.8. The van der Waals surface area contributed by atoms with Crippen LogP contribution in [-0.4, -0.2) is 26.3 Å². The Bertz CT molecular complexity index is 614. The van der Waals surface area contributed by atoms with E-state index in [1.54, 1.807) is 6.92 Å². The fourth-order valence-electron chi connectivity index (χ4n) is 2.02. The second kappa shape index (κ2) is 5.69. The number of aromatic amines is 1. The van der Waals surface area contributed by atoms with E-state index >= 15 is 0 Å². The molecule has 0 unspecified atom stereocenters. The van der Waals surface area contributed by atoms with Gasteiger partial charge in [-0.25, -0.2) is 4.98 Å². The largest absolute Gasteiger partial charge is 0.370 e. The van der Waals surface area contributed by atoms with E-state index in [1.165, 1.54) is 11.8 Å². The highest BCUT2D eigenvalue weighted by atomic mass is 16.1. The molecule has 6 nitrogen and oxygen atoms in total. The van der Waals surface area contributed by atoms with Gasteiger partial charge in [-0.2, -0.15) is 5.10 Å². The number of aryl methyl sites for hydroxylation is 4. The summed E-state index contributed by atoms with van der Waals surface area (Å²) in [6, 6.07) is 3.53. The van der Waals surface area contributed by atoms with Crippen molar-refractivity contribution in [3.8, 4) is 0 Å². The van der Waals surface area contributed by atoms with E-state index in [-0.39, 0.29) is 5.56 Å². The van der Waals surface area contributed by atoms with Crippen LogP contribution in [0.2, 0.25) is 0 Å². The van der Waals surface area contributed by atoms with E-state index in [0.29, 0.717) is 11.6 Å². The van der Waals surface area contributed by atoms with Gasteiger partial charge in [-0.3, -0.25) is 9.48 Å². The van der Waals surface area contributed by atoms with Gasteiger partial charge < -0.3 is 10.3 Å². The third kappa shape index (κ3) is 3.67. The molecular formula is C13H19N5O. The number of aromatic nitrogens is 4. The van der Waals surface area contributed by atoms with E-state index in [0.717, 1.165) is 25.2 Å². The lowest BCUT2D eigenvalue weighted by Crippen LogP contribution is -2.14. The summed E-state index contributed by atoms with van der Waals surface area (Å²) in [5.74, 6) is 1.24. The topological polar surface area (TPSA) is 75.6 Å². The molecule has 0 atom stereocenters. The maximum Gasteiger partial charge on any atom is 0.252 e. The summed E-state index contributed by atoms with van der Waals surface area (Å²) in [6.45, 7) is 7.42. The minimum absolute atomic E-state index is 0.131. The Morgan fingerprint density at radius 3 is 2.74 bits per heavy atom. The predicted octanol–water partition coefficient (Wildman–Crippen LogP) is 1.39. The standard InChI is InChI=1S/C13H19N5O/c1-9-7-10(2)18(17-9)6-4-5-14-12-8-13(19)16-11(3)15-12/h7-8H,4-6H2,1-3H3,(H2,14,15,16,19). The van der Waals surface area contributed by atoms with Gasteiger partial charge in [-0.05, 0) is 33.3 Å². The highest BCUT2D eigenvalue weighted by Gasteiger charge is 2.01. The molecule has 19 heavy (non-hydrogen) atoms. The number of anilines is 1. The molecule has 0 radical (unpaired) electrons. The van der Waals surface area contributed by atoms with Crippen molar-refractivity contribution in [1.29, 1.82) is 0 Å². The number of hydrogen-bond donors (Lipinski definition) is 2. The van der Waals surface area contributed by atoms with E-state index in [9.17, 15) is 4.79 Å². The van der Waals surface area contributed by atoms with Gasteiger partial charge in [0.1, 0.15) is 11.6 Å². The first-order valence-corrected chi connectivity index (χ1v) is 6.37. The molecule has 0 saturated heterocycles. The van der Waals surface area contributed by atoms with Crippen molar-refractivity contribution < 1.29 is 0 Å². The Balaban J connectivity index is 1.84. The van der Waals surface area contributed by atoms with Gasteiger partial charge in [-0.1, -0.05) is 0 Å². The Morgan fingerprint density at radius 2 is 2.11 bits per heavy atom. The van der Waals surface area contributed by atoms with Crippen LogP contribution in [0.3, 0.4) is 0 Å². The Kier molecular flexibility index (Phi) is 3.99. The molecule has 2 N–H and O–H groups in total. The summed E-state index contributed by atoms with van der Waals surface area (Å²) in [5, 5.41) is 7.55. The SMILES string of the molecule is Cc1cc(C)n(CCCNc2cc(=O)[nH]c(C)n2)n1. The van der Waals surface area contributed by atoms with Crippen LogP contribution in [0.5, 0.6) is 0 Å². The van der Waals surface area contributed by atoms with Crippen LogP contribution in [0.15, 0.2) is 16.9 Å². The molecule has 0 amide bonds. The van der Waals surface area contributed by atoms with Gasteiger partial charge in [0.2, 0.25) is 0 Å². The van der Waals surface area contributed by atoms with Crippen molar-refractivity contribution >= 4 is 5.82 Å². The van der Waals surface area contributed by atoms with Gasteiger partial charge in [0.25, 0.3) is 5.56 Å². The second-order valence-electron chi connectivity index (χ2n) is 4.65.